The van der Waals surface area contributed by atoms with Gasteiger partial charge in [0.25, 0.3) is 5.91 Å². The fraction of sp³-hybridized carbons (Fsp3) is 0.464. The highest BCUT2D eigenvalue weighted by Crippen LogP contribution is 2.35. The number of nitrogens with zero attached hydrogens (tertiary/aromatic N) is 1. The van der Waals surface area contributed by atoms with Gasteiger partial charge < -0.3 is 19.6 Å². The quantitative estimate of drug-likeness (QED) is 0.566. The molecule has 1 aromatic heterocycles. The summed E-state index contributed by atoms with van der Waals surface area (Å²) in [6, 6.07) is 14.1. The Morgan fingerprint density at radius 2 is 1.97 bits per heavy atom. The van der Waals surface area contributed by atoms with Crippen molar-refractivity contribution in [1.82, 2.24) is 10.2 Å². The third-order valence-electron chi connectivity index (χ3n) is 7.37. The summed E-state index contributed by atoms with van der Waals surface area (Å²) in [5.74, 6) is 0.0621. The molecule has 3 heterocycles. The van der Waals surface area contributed by atoms with Gasteiger partial charge in [-0.2, -0.15) is 0 Å². The van der Waals surface area contributed by atoms with Crippen molar-refractivity contribution in [3.8, 4) is 0 Å². The van der Waals surface area contributed by atoms with Crippen molar-refractivity contribution in [3.05, 3.63) is 70.5 Å². The van der Waals surface area contributed by atoms with E-state index in [1.165, 1.54) is 16.7 Å². The van der Waals surface area contributed by atoms with Crippen LogP contribution < -0.4 is 5.32 Å². The fourth-order valence-electron chi connectivity index (χ4n) is 5.18. The number of furan rings is 1. The molecule has 2 aliphatic heterocycles. The van der Waals surface area contributed by atoms with E-state index in [9.17, 15) is 9.90 Å². The van der Waals surface area contributed by atoms with E-state index in [0.717, 1.165) is 50.0 Å². The number of nitrogens with one attached hydrogen (secondary N) is 1. The van der Waals surface area contributed by atoms with E-state index in [4.69, 9.17) is 9.15 Å². The van der Waals surface area contributed by atoms with Crippen molar-refractivity contribution in [3.63, 3.8) is 0 Å². The SMILES string of the molecule is Cc1ccc(CN2CCC(O)(c3ccc4oc(C(=O)NCC5CCCO5)cc4c3)CC2)c(C)c1. The summed E-state index contributed by atoms with van der Waals surface area (Å²) in [4.78, 5) is 14.9. The molecule has 0 spiro atoms. The second kappa shape index (κ2) is 9.53. The number of benzene rings is 2. The van der Waals surface area contributed by atoms with Crippen molar-refractivity contribution in [1.29, 1.82) is 0 Å². The number of piperidine rings is 1. The van der Waals surface area contributed by atoms with Gasteiger partial charge in [-0.15, -0.1) is 0 Å². The van der Waals surface area contributed by atoms with Gasteiger partial charge in [0.15, 0.2) is 5.76 Å². The largest absolute Gasteiger partial charge is 0.451 e. The zero-order chi connectivity index (χ0) is 23.7. The van der Waals surface area contributed by atoms with Crippen LogP contribution in [0.5, 0.6) is 0 Å². The first-order chi connectivity index (χ1) is 16.4. The van der Waals surface area contributed by atoms with Gasteiger partial charge in [-0.25, -0.2) is 0 Å². The zero-order valence-electron chi connectivity index (χ0n) is 20.1. The van der Waals surface area contributed by atoms with Crippen LogP contribution in [0.15, 0.2) is 46.9 Å². The molecule has 2 N–H and O–H groups in total. The van der Waals surface area contributed by atoms with Gasteiger partial charge >= 0.3 is 0 Å². The first kappa shape index (κ1) is 23.1. The Morgan fingerprint density at radius 1 is 1.15 bits per heavy atom. The number of aliphatic hydroxyl groups is 1. The monoisotopic (exact) mass is 462 g/mol. The number of rotatable bonds is 6. The summed E-state index contributed by atoms with van der Waals surface area (Å²) in [6.07, 6.45) is 3.46. The molecule has 0 radical (unpaired) electrons. The summed E-state index contributed by atoms with van der Waals surface area (Å²) in [6.45, 7) is 8.14. The van der Waals surface area contributed by atoms with Gasteiger partial charge in [0.05, 0.1) is 11.7 Å². The van der Waals surface area contributed by atoms with Crippen molar-refractivity contribution in [2.24, 2.45) is 0 Å². The number of likely N-dealkylation sites (tertiary alicyclic amines) is 1. The molecule has 0 aliphatic carbocycles. The van der Waals surface area contributed by atoms with E-state index in [-0.39, 0.29) is 12.0 Å². The minimum atomic E-state index is -0.869. The molecule has 2 saturated heterocycles. The second-order valence-corrected chi connectivity index (χ2v) is 9.95. The van der Waals surface area contributed by atoms with Crippen LogP contribution in [0.25, 0.3) is 11.0 Å². The van der Waals surface area contributed by atoms with E-state index in [1.54, 1.807) is 6.07 Å². The lowest BCUT2D eigenvalue weighted by molar-refractivity contribution is -0.0276. The average molecular weight is 463 g/mol. The zero-order valence-corrected chi connectivity index (χ0v) is 20.1. The van der Waals surface area contributed by atoms with Crippen LogP contribution in [0, 0.1) is 13.8 Å². The van der Waals surface area contributed by atoms with Crippen molar-refractivity contribution >= 4 is 16.9 Å². The number of carbonyl (C=O) groups excluding carboxylic acids is 1. The molecule has 3 aromatic rings. The molecule has 0 saturated carbocycles. The Hall–Kier alpha value is -2.67. The van der Waals surface area contributed by atoms with E-state index in [2.05, 4.69) is 42.3 Å². The number of carbonyl (C=O) groups is 1. The van der Waals surface area contributed by atoms with E-state index < -0.39 is 5.60 Å². The number of amides is 1. The molecule has 1 atom stereocenters. The maximum Gasteiger partial charge on any atom is 0.287 e. The molecule has 0 bridgehead atoms. The third kappa shape index (κ3) is 4.90. The number of ether oxygens (including phenoxy) is 1. The Labute approximate surface area is 200 Å². The predicted molar refractivity (Wildman–Crippen MR) is 132 cm³/mol. The van der Waals surface area contributed by atoms with Crippen LogP contribution in [-0.2, 0) is 16.9 Å². The van der Waals surface area contributed by atoms with Crippen LogP contribution >= 0.6 is 0 Å². The van der Waals surface area contributed by atoms with Crippen molar-refractivity contribution in [2.75, 3.05) is 26.2 Å². The van der Waals surface area contributed by atoms with Gasteiger partial charge in [-0.1, -0.05) is 29.8 Å². The standard InChI is InChI=1S/C28H34N2O4/c1-19-5-6-21(20(2)14-19)18-30-11-9-28(32,10-12-30)23-7-8-25-22(15-23)16-26(34-25)27(31)29-17-24-4-3-13-33-24/h5-8,14-16,24,32H,3-4,9-13,17-18H2,1-2H3,(H,29,31). The summed E-state index contributed by atoms with van der Waals surface area (Å²) in [5.41, 5.74) is 4.63. The van der Waals surface area contributed by atoms with Gasteiger partial charge in [-0.05, 0) is 74.4 Å². The number of hydrogen-bond donors (Lipinski definition) is 2. The molecular formula is C28H34N2O4. The van der Waals surface area contributed by atoms with Gasteiger partial charge in [0.1, 0.15) is 5.58 Å². The summed E-state index contributed by atoms with van der Waals surface area (Å²) >= 11 is 0. The summed E-state index contributed by atoms with van der Waals surface area (Å²) in [7, 11) is 0. The van der Waals surface area contributed by atoms with Gasteiger partial charge in [0.2, 0.25) is 0 Å². The lowest BCUT2D eigenvalue weighted by Gasteiger charge is -2.38. The summed E-state index contributed by atoms with van der Waals surface area (Å²) in [5, 5.41) is 15.2. The minimum absolute atomic E-state index is 0.0926. The van der Waals surface area contributed by atoms with E-state index in [1.807, 2.05) is 18.2 Å². The molecule has 5 rings (SSSR count). The molecule has 34 heavy (non-hydrogen) atoms. The number of fused-ring (bicyclic) bond motifs is 1. The molecule has 6 heteroatoms. The molecule has 180 valence electrons. The smallest absolute Gasteiger partial charge is 0.287 e. The van der Waals surface area contributed by atoms with Crippen LogP contribution in [0.1, 0.15) is 58.5 Å². The molecular weight excluding hydrogens is 428 g/mol. The maximum absolute atomic E-state index is 12.5. The average Bonchev–Trinajstić information content (AvgIpc) is 3.50. The van der Waals surface area contributed by atoms with Gasteiger partial charge in [-0.3, -0.25) is 9.69 Å². The Kier molecular flexibility index (Phi) is 6.47. The maximum atomic E-state index is 12.5. The Bertz CT molecular complexity index is 1170. The highest BCUT2D eigenvalue weighted by Gasteiger charge is 2.34. The third-order valence-corrected chi connectivity index (χ3v) is 7.37. The Morgan fingerprint density at radius 3 is 2.71 bits per heavy atom. The Balaban J connectivity index is 1.23. The minimum Gasteiger partial charge on any atom is -0.451 e. The molecule has 2 aliphatic rings. The van der Waals surface area contributed by atoms with Crippen LogP contribution in [-0.4, -0.2) is 48.3 Å². The molecule has 2 aromatic carbocycles. The van der Waals surface area contributed by atoms with Crippen LogP contribution in [0.4, 0.5) is 0 Å². The highest BCUT2D eigenvalue weighted by molar-refractivity contribution is 5.96. The normalized spacial score (nSPS) is 20.6. The first-order valence-corrected chi connectivity index (χ1v) is 12.3. The first-order valence-electron chi connectivity index (χ1n) is 12.3. The fourth-order valence-corrected chi connectivity index (χ4v) is 5.18. The lowest BCUT2D eigenvalue weighted by Crippen LogP contribution is -2.42. The van der Waals surface area contributed by atoms with Crippen LogP contribution in [0.3, 0.4) is 0 Å². The topological polar surface area (TPSA) is 74.9 Å². The molecule has 1 unspecified atom stereocenters. The van der Waals surface area contributed by atoms with Crippen molar-refractivity contribution in [2.45, 2.75) is 57.8 Å². The van der Waals surface area contributed by atoms with Crippen LogP contribution in [0.2, 0.25) is 0 Å². The molecule has 2 fully saturated rings. The van der Waals surface area contributed by atoms with E-state index in [0.29, 0.717) is 30.7 Å². The predicted octanol–water partition coefficient (Wildman–Crippen LogP) is 4.44. The van der Waals surface area contributed by atoms with Crippen molar-refractivity contribution < 1.29 is 19.1 Å². The lowest BCUT2D eigenvalue weighted by atomic mass is 9.84. The molecule has 1 amide bonds. The second-order valence-electron chi connectivity index (χ2n) is 9.95. The highest BCUT2D eigenvalue weighted by atomic mass is 16.5. The van der Waals surface area contributed by atoms with E-state index >= 15 is 0 Å². The number of aryl methyl sites for hydroxylation is 2. The summed E-state index contributed by atoms with van der Waals surface area (Å²) < 4.78 is 11.3. The number of hydrogen-bond acceptors (Lipinski definition) is 5. The van der Waals surface area contributed by atoms with Gasteiger partial charge in [0, 0.05) is 38.2 Å². The molecule has 6 nitrogen and oxygen atoms in total.